The van der Waals surface area contributed by atoms with Crippen molar-refractivity contribution >= 4 is 0 Å². The minimum atomic E-state index is -1.50. The summed E-state index contributed by atoms with van der Waals surface area (Å²) in [7, 11) is 0. The van der Waals surface area contributed by atoms with Gasteiger partial charge in [0.25, 0.3) is 5.09 Å². The summed E-state index contributed by atoms with van der Waals surface area (Å²) >= 11 is 0. The van der Waals surface area contributed by atoms with Crippen LogP contribution in [0.1, 0.15) is 0 Å². The normalized spacial score (nSPS) is 2.18. The van der Waals surface area contributed by atoms with Crippen LogP contribution in [0.5, 0.6) is 0 Å². The van der Waals surface area contributed by atoms with E-state index in [2.05, 4.69) is 0 Å². The zero-order valence-corrected chi connectivity index (χ0v) is 8.13. The Hall–Kier alpha value is 0.0639. The van der Waals surface area contributed by atoms with Gasteiger partial charge in [0.05, 0.1) is 0 Å². The third-order valence-electron chi connectivity index (χ3n) is 0. The van der Waals surface area contributed by atoms with Crippen LogP contribution in [0.2, 0.25) is 0 Å². The molecule has 0 bridgehead atoms. The predicted molar refractivity (Wildman–Crippen MR) is 30.5 cm³/mol. The van der Waals surface area contributed by atoms with Crippen molar-refractivity contribution in [1.29, 1.82) is 0 Å². The molecule has 0 aliphatic rings. The second-order valence-corrected chi connectivity index (χ2v) is 0.238. The maximum Gasteiger partial charge on any atom is 0.291 e. The summed E-state index contributed by atoms with van der Waals surface area (Å²) in [5, 5.41) is 13.6. The van der Waals surface area contributed by atoms with Crippen LogP contribution in [-0.2, 0) is 32.7 Å². The number of nitrogens with zero attached hydrogens (tertiary/aromatic N) is 1. The minimum absolute atomic E-state index is 0. The van der Waals surface area contributed by atoms with Gasteiger partial charge in [0, 0.05) is 32.7 Å². The molecule has 0 spiro atoms. The molecule has 11 heavy (non-hydrogen) atoms. The Morgan fingerprint density at radius 1 is 0.909 bits per heavy atom. The van der Waals surface area contributed by atoms with E-state index < -0.39 is 5.09 Å². The first-order valence-corrected chi connectivity index (χ1v) is 0.565. The van der Waals surface area contributed by atoms with Crippen LogP contribution in [0, 0.1) is 10.1 Å². The average molecular weight is 260 g/mol. The Morgan fingerprint density at radius 3 is 0.909 bits per heavy atom. The molecule has 0 fully saturated rings. The van der Waals surface area contributed by atoms with Crippen LogP contribution >= 0.6 is 0 Å². The Balaban J connectivity index is -0.00000000214. The quantitative estimate of drug-likeness (QED) is 0.330. The fourth-order valence-electron chi connectivity index (χ4n) is 0. The van der Waals surface area contributed by atoms with Gasteiger partial charge in [0.1, 0.15) is 0 Å². The van der Waals surface area contributed by atoms with E-state index in [1.165, 1.54) is 0 Å². The van der Waals surface area contributed by atoms with E-state index in [-0.39, 0.29) is 65.6 Å². The molecule has 0 saturated carbocycles. The van der Waals surface area contributed by atoms with Crippen molar-refractivity contribution < 1.29 is 75.9 Å². The van der Waals surface area contributed by atoms with Gasteiger partial charge in [-0.3, -0.25) is 0 Å². The molecule has 0 saturated heterocycles. The molecule has 11 heteroatoms. The first-order chi connectivity index (χ1) is 1.73. The van der Waals surface area contributed by atoms with Gasteiger partial charge in [-0.2, -0.15) is 0 Å². The van der Waals surface area contributed by atoms with Crippen molar-refractivity contribution in [2.75, 3.05) is 0 Å². The summed E-state index contributed by atoms with van der Waals surface area (Å²) in [5.41, 5.74) is 0. The van der Waals surface area contributed by atoms with Crippen molar-refractivity contribution in [3.63, 3.8) is 0 Å². The van der Waals surface area contributed by atoms with Crippen LogP contribution in [0.4, 0.5) is 0 Å². The summed E-state index contributed by atoms with van der Waals surface area (Å²) in [6, 6.07) is 0. The summed E-state index contributed by atoms with van der Waals surface area (Å²) in [4.78, 5) is 8.36. The molecule has 13 N–H and O–H groups in total. The van der Waals surface area contributed by atoms with Crippen molar-refractivity contribution in [2.45, 2.75) is 0 Å². The maximum atomic E-state index is 8.36. The van der Waals surface area contributed by atoms with E-state index in [1.807, 2.05) is 0 Å². The van der Waals surface area contributed by atoms with Gasteiger partial charge in [-0.1, -0.05) is 0 Å². The first-order valence-electron chi connectivity index (χ1n) is 0.565. The third-order valence-corrected chi connectivity index (χ3v) is 0. The second-order valence-electron chi connectivity index (χ2n) is 0.238. The maximum absolute atomic E-state index is 8.36. The van der Waals surface area contributed by atoms with Gasteiger partial charge >= 0.3 is 0 Å². The molecule has 75 valence electrons. The van der Waals surface area contributed by atoms with Gasteiger partial charge in [-0.05, 0) is 0 Å². The van der Waals surface area contributed by atoms with Crippen LogP contribution in [0.3, 0.4) is 0 Å². The van der Waals surface area contributed by atoms with Gasteiger partial charge in [0.2, 0.25) is 0 Å². The monoisotopic (exact) mass is 260 g/mol. The molecule has 0 aliphatic carbocycles. The molecule has 0 aromatic carbocycles. The SMILES string of the molecule is O.O.O.O.O.O.O=[N+]([O-])O.[Y]. The molecule has 0 rings (SSSR count). The van der Waals surface area contributed by atoms with E-state index >= 15 is 0 Å². The first kappa shape index (κ1) is 119. The summed E-state index contributed by atoms with van der Waals surface area (Å²) in [6.07, 6.45) is 0. The standard InChI is InChI=1S/HNO3.6H2O.Y/c2-1(3)4;;;;;;;/h(H,2,3,4);6*1H2;. The van der Waals surface area contributed by atoms with Crippen molar-refractivity contribution in [2.24, 2.45) is 0 Å². The van der Waals surface area contributed by atoms with Gasteiger partial charge in [-0.15, -0.1) is 10.1 Å². The van der Waals surface area contributed by atoms with Gasteiger partial charge < -0.3 is 38.1 Å². The minimum Gasteiger partial charge on any atom is -0.412 e. The van der Waals surface area contributed by atoms with Crippen molar-refractivity contribution in [3.05, 3.63) is 10.1 Å². The van der Waals surface area contributed by atoms with Crippen LogP contribution in [0.25, 0.3) is 0 Å². The molecule has 10 nitrogen and oxygen atoms in total. The zero-order valence-electron chi connectivity index (χ0n) is 5.29. The molecule has 0 aliphatic heterocycles. The van der Waals surface area contributed by atoms with Crippen LogP contribution in [-0.4, -0.2) is 43.2 Å². The number of hydrogen-bond acceptors (Lipinski definition) is 2. The third kappa shape index (κ3) is 160000. The smallest absolute Gasteiger partial charge is 0.291 e. The molecule has 0 aromatic rings. The number of rotatable bonds is 0. The Morgan fingerprint density at radius 2 is 0.909 bits per heavy atom. The van der Waals surface area contributed by atoms with E-state index in [1.54, 1.807) is 0 Å². The second kappa shape index (κ2) is 88.1. The van der Waals surface area contributed by atoms with E-state index in [0.29, 0.717) is 0 Å². The Kier molecular flexibility index (Phi) is 956. The molecule has 0 amide bonds. The molecule has 0 aromatic heterocycles. The van der Waals surface area contributed by atoms with Crippen molar-refractivity contribution in [3.8, 4) is 0 Å². The number of hydrogen-bond donors (Lipinski definition) is 1. The molecule has 0 atom stereocenters. The van der Waals surface area contributed by atoms with Crippen LogP contribution in [0.15, 0.2) is 0 Å². The van der Waals surface area contributed by atoms with E-state index in [4.69, 9.17) is 15.3 Å². The largest absolute Gasteiger partial charge is 0.412 e. The Labute approximate surface area is 86.0 Å². The average Bonchev–Trinajstić information content (AvgIpc) is 0.811. The molecular weight excluding hydrogens is 247 g/mol. The molecule has 0 unspecified atom stereocenters. The van der Waals surface area contributed by atoms with Crippen molar-refractivity contribution in [1.82, 2.24) is 0 Å². The predicted octanol–water partition coefficient (Wildman–Crippen LogP) is -5.30. The van der Waals surface area contributed by atoms with Gasteiger partial charge in [-0.25, -0.2) is 0 Å². The fraction of sp³-hybridized carbons (Fsp3) is 0. The van der Waals surface area contributed by atoms with Gasteiger partial charge in [0.15, 0.2) is 0 Å². The molecule has 1 radical (unpaired) electrons. The summed E-state index contributed by atoms with van der Waals surface area (Å²) in [5.74, 6) is 0. The molecular formula is H13NO9Y. The topological polar surface area (TPSA) is 252 Å². The van der Waals surface area contributed by atoms with E-state index in [9.17, 15) is 0 Å². The summed E-state index contributed by atoms with van der Waals surface area (Å²) in [6.45, 7) is 0. The zero-order chi connectivity index (χ0) is 3.58. The molecule has 0 heterocycles. The fourth-order valence-corrected chi connectivity index (χ4v) is 0. The summed E-state index contributed by atoms with van der Waals surface area (Å²) < 4.78 is 0. The Bertz CT molecular complexity index is 32.5. The van der Waals surface area contributed by atoms with E-state index in [0.717, 1.165) is 0 Å². The van der Waals surface area contributed by atoms with Crippen LogP contribution < -0.4 is 0 Å².